The number of fused-ring (bicyclic) bond motifs is 1. The van der Waals surface area contributed by atoms with E-state index in [1.807, 2.05) is 13.8 Å². The van der Waals surface area contributed by atoms with E-state index >= 15 is 0 Å². The Kier molecular flexibility index (Phi) is 5.90. The molecule has 1 saturated heterocycles. The average Bonchev–Trinajstić information content (AvgIpc) is 3.24. The van der Waals surface area contributed by atoms with Crippen molar-refractivity contribution in [2.24, 2.45) is 0 Å². The van der Waals surface area contributed by atoms with Crippen LogP contribution in [0.15, 0.2) is 22.6 Å². The summed E-state index contributed by atoms with van der Waals surface area (Å²) < 4.78 is 10.7. The van der Waals surface area contributed by atoms with Crippen molar-refractivity contribution >= 4 is 39.0 Å². The Morgan fingerprint density at radius 3 is 2.68 bits per heavy atom. The number of furan rings is 1. The van der Waals surface area contributed by atoms with Gasteiger partial charge in [-0.2, -0.15) is 0 Å². The molecule has 1 aliphatic heterocycles. The van der Waals surface area contributed by atoms with Crippen molar-refractivity contribution in [1.29, 1.82) is 0 Å². The van der Waals surface area contributed by atoms with Crippen LogP contribution in [0.4, 0.5) is 5.82 Å². The molecule has 0 aliphatic carbocycles. The molecule has 0 saturated carbocycles. The largest absolute Gasteiger partial charge is 0.441 e. The third kappa shape index (κ3) is 4.12. The van der Waals surface area contributed by atoms with Gasteiger partial charge in [0.25, 0.3) is 0 Å². The smallest absolute Gasteiger partial charge is 0.199 e. The molecule has 4 heterocycles. The molecule has 25 heavy (non-hydrogen) atoms. The van der Waals surface area contributed by atoms with Gasteiger partial charge in [-0.3, -0.25) is 4.90 Å². The number of hydrogen-bond acceptors (Lipinski definition) is 7. The lowest BCUT2D eigenvalue weighted by Gasteiger charge is -2.25. The second-order valence-electron chi connectivity index (χ2n) is 5.36. The number of rotatable bonds is 3. The van der Waals surface area contributed by atoms with Gasteiger partial charge in [-0.25, -0.2) is 9.97 Å². The third-order valence-electron chi connectivity index (χ3n) is 3.75. The van der Waals surface area contributed by atoms with Crippen molar-refractivity contribution in [3.8, 4) is 11.6 Å². The van der Waals surface area contributed by atoms with E-state index < -0.39 is 0 Å². The molecule has 0 unspecified atom stereocenters. The number of ether oxygens (including phenoxy) is 1. The lowest BCUT2D eigenvalue weighted by Crippen LogP contribution is -2.35. The predicted octanol–water partition coefficient (Wildman–Crippen LogP) is 4.05. The van der Waals surface area contributed by atoms with Crippen molar-refractivity contribution in [1.82, 2.24) is 14.9 Å². The molecule has 3 aromatic heterocycles. The first-order valence-electron chi connectivity index (χ1n) is 8.31. The monoisotopic (exact) mass is 380 g/mol. The minimum atomic E-state index is 0.307. The molecule has 6 nitrogen and oxygen atoms in total. The maximum Gasteiger partial charge on any atom is 0.199 e. The average molecular weight is 381 g/mol. The Labute approximate surface area is 155 Å². The molecule has 4 rings (SSSR count). The molecule has 1 fully saturated rings. The number of anilines is 1. The lowest BCUT2D eigenvalue weighted by molar-refractivity contribution is 0.0346. The van der Waals surface area contributed by atoms with Crippen LogP contribution in [-0.4, -0.2) is 41.2 Å². The summed E-state index contributed by atoms with van der Waals surface area (Å²) in [6.45, 7) is 8.36. The van der Waals surface area contributed by atoms with Gasteiger partial charge in [0, 0.05) is 24.5 Å². The van der Waals surface area contributed by atoms with Gasteiger partial charge in [0.2, 0.25) is 0 Å². The molecule has 2 N–H and O–H groups in total. The van der Waals surface area contributed by atoms with E-state index in [0.717, 1.165) is 43.1 Å². The summed E-state index contributed by atoms with van der Waals surface area (Å²) in [6, 6.07) is 5.48. The fourth-order valence-corrected chi connectivity index (χ4v) is 3.82. The number of aromatic nitrogens is 2. The van der Waals surface area contributed by atoms with Crippen LogP contribution in [0.3, 0.4) is 0 Å². The van der Waals surface area contributed by atoms with E-state index in [-0.39, 0.29) is 0 Å². The molecule has 0 spiro atoms. The van der Waals surface area contributed by atoms with Crippen LogP contribution in [0.2, 0.25) is 5.22 Å². The zero-order valence-electron chi connectivity index (χ0n) is 14.3. The summed E-state index contributed by atoms with van der Waals surface area (Å²) in [6.07, 6.45) is 0. The van der Waals surface area contributed by atoms with Gasteiger partial charge in [-0.05, 0) is 29.8 Å². The second kappa shape index (κ2) is 8.14. The van der Waals surface area contributed by atoms with Gasteiger partial charge in [-0.15, -0.1) is 11.3 Å². The molecule has 3 aromatic rings. The molecular formula is C17H21ClN4O2S. The van der Waals surface area contributed by atoms with Crippen LogP contribution in [0, 0.1) is 0 Å². The molecule has 1 aliphatic rings. The van der Waals surface area contributed by atoms with E-state index in [1.165, 1.54) is 4.88 Å². The third-order valence-corrected chi connectivity index (χ3v) is 4.97. The maximum atomic E-state index is 6.09. The van der Waals surface area contributed by atoms with Crippen LogP contribution in [-0.2, 0) is 11.3 Å². The number of nitrogens with two attached hydrogens (primary N) is 1. The van der Waals surface area contributed by atoms with Crippen molar-refractivity contribution < 1.29 is 9.15 Å². The molecule has 0 radical (unpaired) electrons. The normalized spacial score (nSPS) is 15.2. The summed E-state index contributed by atoms with van der Waals surface area (Å²) in [5.74, 6) is 1.44. The van der Waals surface area contributed by atoms with Gasteiger partial charge in [0.15, 0.2) is 16.8 Å². The topological polar surface area (TPSA) is 77.4 Å². The zero-order valence-corrected chi connectivity index (χ0v) is 15.9. The standard InChI is InChI=1S/C15H15ClN4O2S.C2H6/c16-12-2-1-11(22-12)14-18-13(17)10-7-9(23-15(10)19-14)8-20-3-5-21-6-4-20;1-2/h1-2,7H,3-6,8H2,(H2,17,18,19);1-2H3. The van der Waals surface area contributed by atoms with Gasteiger partial charge < -0.3 is 14.9 Å². The first kappa shape index (κ1) is 18.1. The van der Waals surface area contributed by atoms with E-state index in [0.29, 0.717) is 22.6 Å². The van der Waals surface area contributed by atoms with Gasteiger partial charge >= 0.3 is 0 Å². The Hall–Kier alpha value is -1.67. The van der Waals surface area contributed by atoms with Crippen LogP contribution in [0.1, 0.15) is 18.7 Å². The molecule has 134 valence electrons. The summed E-state index contributed by atoms with van der Waals surface area (Å²) >= 11 is 7.45. The molecular weight excluding hydrogens is 360 g/mol. The Bertz CT molecular complexity index is 842. The first-order valence-corrected chi connectivity index (χ1v) is 9.50. The van der Waals surface area contributed by atoms with E-state index in [2.05, 4.69) is 20.9 Å². The van der Waals surface area contributed by atoms with Crippen molar-refractivity contribution in [3.63, 3.8) is 0 Å². The highest BCUT2D eigenvalue weighted by atomic mass is 35.5. The fourth-order valence-electron chi connectivity index (χ4n) is 2.60. The van der Waals surface area contributed by atoms with Crippen molar-refractivity contribution in [2.75, 3.05) is 32.0 Å². The molecule has 0 amide bonds. The zero-order chi connectivity index (χ0) is 17.8. The SMILES string of the molecule is CC.Nc1nc(-c2ccc(Cl)o2)nc2sc(CN3CCOCC3)cc12. The number of nitrogens with zero attached hydrogens (tertiary/aromatic N) is 3. The number of halogens is 1. The Balaban J connectivity index is 0.000000880. The molecule has 0 aromatic carbocycles. The van der Waals surface area contributed by atoms with Gasteiger partial charge in [0.05, 0.1) is 18.6 Å². The van der Waals surface area contributed by atoms with Crippen LogP contribution < -0.4 is 5.73 Å². The quantitative estimate of drug-likeness (QED) is 0.738. The molecule has 0 bridgehead atoms. The Morgan fingerprint density at radius 1 is 1.24 bits per heavy atom. The highest BCUT2D eigenvalue weighted by Gasteiger charge is 2.16. The van der Waals surface area contributed by atoms with Gasteiger partial charge in [0.1, 0.15) is 10.6 Å². The second-order valence-corrected chi connectivity index (χ2v) is 6.84. The summed E-state index contributed by atoms with van der Waals surface area (Å²) in [5, 5.41) is 1.20. The van der Waals surface area contributed by atoms with Crippen LogP contribution >= 0.6 is 22.9 Å². The number of nitrogen functional groups attached to an aromatic ring is 1. The fraction of sp³-hybridized carbons (Fsp3) is 0.412. The Morgan fingerprint density at radius 2 is 2.00 bits per heavy atom. The van der Waals surface area contributed by atoms with Crippen molar-refractivity contribution in [2.45, 2.75) is 20.4 Å². The highest BCUT2D eigenvalue weighted by Crippen LogP contribution is 2.31. The minimum Gasteiger partial charge on any atom is -0.441 e. The first-order chi connectivity index (χ1) is 12.2. The highest BCUT2D eigenvalue weighted by molar-refractivity contribution is 7.18. The van der Waals surface area contributed by atoms with Gasteiger partial charge in [-0.1, -0.05) is 13.8 Å². The minimum absolute atomic E-state index is 0.307. The van der Waals surface area contributed by atoms with E-state index in [4.69, 9.17) is 26.5 Å². The van der Waals surface area contributed by atoms with E-state index in [1.54, 1.807) is 23.5 Å². The lowest BCUT2D eigenvalue weighted by atomic mass is 10.3. The van der Waals surface area contributed by atoms with Crippen molar-refractivity contribution in [3.05, 3.63) is 28.3 Å². The summed E-state index contributed by atoms with van der Waals surface area (Å²) in [5.41, 5.74) is 6.09. The number of hydrogen-bond donors (Lipinski definition) is 1. The maximum absolute atomic E-state index is 6.09. The number of thiophene rings is 1. The molecule has 8 heteroatoms. The predicted molar refractivity (Wildman–Crippen MR) is 102 cm³/mol. The van der Waals surface area contributed by atoms with Crippen LogP contribution in [0.5, 0.6) is 0 Å². The number of morpholine rings is 1. The van der Waals surface area contributed by atoms with Crippen LogP contribution in [0.25, 0.3) is 21.8 Å². The van der Waals surface area contributed by atoms with E-state index in [9.17, 15) is 0 Å². The molecule has 0 atom stereocenters. The summed E-state index contributed by atoms with van der Waals surface area (Å²) in [7, 11) is 0. The summed E-state index contributed by atoms with van der Waals surface area (Å²) in [4.78, 5) is 13.3.